The van der Waals surface area contributed by atoms with Crippen molar-refractivity contribution in [3.8, 4) is 0 Å². The summed E-state index contributed by atoms with van der Waals surface area (Å²) in [6.45, 7) is 10.8. The number of nitrogen functional groups attached to an aromatic ring is 1. The van der Waals surface area contributed by atoms with Crippen molar-refractivity contribution in [3.63, 3.8) is 0 Å². The SMILES string of the molecule is CCCn1nc(C)c(N)c1N1CC(C)CC1C. The van der Waals surface area contributed by atoms with Crippen LogP contribution in [0, 0.1) is 12.8 Å². The fourth-order valence-electron chi connectivity index (χ4n) is 2.85. The van der Waals surface area contributed by atoms with Gasteiger partial charge in [-0.05, 0) is 32.6 Å². The summed E-state index contributed by atoms with van der Waals surface area (Å²) in [5.41, 5.74) is 8.02. The predicted octanol–water partition coefficient (Wildman–Crippen LogP) is 2.42. The molecule has 17 heavy (non-hydrogen) atoms. The van der Waals surface area contributed by atoms with Crippen molar-refractivity contribution >= 4 is 11.5 Å². The van der Waals surface area contributed by atoms with Gasteiger partial charge in [-0.25, -0.2) is 4.68 Å². The highest BCUT2D eigenvalue weighted by molar-refractivity contribution is 5.67. The molecule has 1 aromatic rings. The van der Waals surface area contributed by atoms with E-state index in [2.05, 4.69) is 35.5 Å². The van der Waals surface area contributed by atoms with Crippen LogP contribution >= 0.6 is 0 Å². The minimum atomic E-state index is 0.569. The van der Waals surface area contributed by atoms with Gasteiger partial charge in [-0.1, -0.05) is 13.8 Å². The number of hydrogen-bond donors (Lipinski definition) is 1. The highest BCUT2D eigenvalue weighted by atomic mass is 15.4. The fourth-order valence-corrected chi connectivity index (χ4v) is 2.85. The molecule has 0 spiro atoms. The summed E-state index contributed by atoms with van der Waals surface area (Å²) in [7, 11) is 0. The molecule has 2 atom stereocenters. The largest absolute Gasteiger partial charge is 0.394 e. The lowest BCUT2D eigenvalue weighted by molar-refractivity contribution is 0.581. The van der Waals surface area contributed by atoms with E-state index in [9.17, 15) is 0 Å². The van der Waals surface area contributed by atoms with Gasteiger partial charge >= 0.3 is 0 Å². The Hall–Kier alpha value is -1.19. The van der Waals surface area contributed by atoms with Crippen LogP contribution in [-0.2, 0) is 6.54 Å². The summed E-state index contributed by atoms with van der Waals surface area (Å²) < 4.78 is 2.08. The molecule has 2 N–H and O–H groups in total. The molecule has 1 fully saturated rings. The number of aromatic nitrogens is 2. The number of nitrogens with zero attached hydrogens (tertiary/aromatic N) is 3. The van der Waals surface area contributed by atoms with Crippen LogP contribution in [0.3, 0.4) is 0 Å². The maximum absolute atomic E-state index is 6.20. The molecule has 0 aliphatic carbocycles. The average molecular weight is 236 g/mol. The molecule has 2 unspecified atom stereocenters. The highest BCUT2D eigenvalue weighted by Gasteiger charge is 2.30. The minimum absolute atomic E-state index is 0.569. The standard InChI is InChI=1S/C13H24N4/c1-5-6-17-13(12(14)11(4)15-17)16-8-9(2)7-10(16)3/h9-10H,5-8,14H2,1-4H3. The Morgan fingerprint density at radius 2 is 2.12 bits per heavy atom. The molecular formula is C13H24N4. The summed E-state index contributed by atoms with van der Waals surface area (Å²) >= 11 is 0. The molecule has 0 radical (unpaired) electrons. The summed E-state index contributed by atoms with van der Waals surface area (Å²) in [6.07, 6.45) is 2.33. The van der Waals surface area contributed by atoms with E-state index in [-0.39, 0.29) is 0 Å². The van der Waals surface area contributed by atoms with Crippen molar-refractivity contribution in [1.29, 1.82) is 0 Å². The first-order valence-corrected chi connectivity index (χ1v) is 6.64. The topological polar surface area (TPSA) is 47.1 Å². The lowest BCUT2D eigenvalue weighted by Gasteiger charge is -2.25. The second-order valence-electron chi connectivity index (χ2n) is 5.39. The van der Waals surface area contributed by atoms with Crippen molar-refractivity contribution in [2.75, 3.05) is 17.2 Å². The summed E-state index contributed by atoms with van der Waals surface area (Å²) in [4.78, 5) is 2.43. The van der Waals surface area contributed by atoms with Crippen LogP contribution in [0.4, 0.5) is 11.5 Å². The molecule has 1 saturated heterocycles. The Kier molecular flexibility index (Phi) is 3.31. The van der Waals surface area contributed by atoms with E-state index < -0.39 is 0 Å². The van der Waals surface area contributed by atoms with Crippen molar-refractivity contribution in [3.05, 3.63) is 5.69 Å². The van der Waals surface area contributed by atoms with Crippen molar-refractivity contribution in [2.24, 2.45) is 5.92 Å². The normalized spacial score (nSPS) is 24.6. The molecule has 0 bridgehead atoms. The van der Waals surface area contributed by atoms with E-state index in [0.717, 1.165) is 42.6 Å². The Labute approximate surface area is 104 Å². The first-order chi connectivity index (χ1) is 8.04. The van der Waals surface area contributed by atoms with E-state index in [0.29, 0.717) is 6.04 Å². The van der Waals surface area contributed by atoms with Gasteiger partial charge < -0.3 is 10.6 Å². The van der Waals surface area contributed by atoms with Gasteiger partial charge in [0.1, 0.15) is 0 Å². The third kappa shape index (κ3) is 2.13. The lowest BCUT2D eigenvalue weighted by atomic mass is 10.1. The monoisotopic (exact) mass is 236 g/mol. The van der Waals surface area contributed by atoms with Crippen LogP contribution in [0.25, 0.3) is 0 Å². The van der Waals surface area contributed by atoms with E-state index in [1.807, 2.05) is 6.92 Å². The molecule has 1 aliphatic rings. The van der Waals surface area contributed by atoms with Crippen molar-refractivity contribution in [2.45, 2.75) is 53.1 Å². The van der Waals surface area contributed by atoms with Crippen LogP contribution in [0.2, 0.25) is 0 Å². The molecule has 1 aromatic heterocycles. The zero-order chi connectivity index (χ0) is 12.6. The van der Waals surface area contributed by atoms with E-state index in [1.165, 1.54) is 6.42 Å². The van der Waals surface area contributed by atoms with E-state index in [1.54, 1.807) is 0 Å². The molecular weight excluding hydrogens is 212 g/mol. The van der Waals surface area contributed by atoms with Crippen molar-refractivity contribution in [1.82, 2.24) is 9.78 Å². The summed E-state index contributed by atoms with van der Waals surface area (Å²) in [6, 6.07) is 0.569. The average Bonchev–Trinajstić information content (AvgIpc) is 2.70. The van der Waals surface area contributed by atoms with E-state index >= 15 is 0 Å². The maximum atomic E-state index is 6.20. The number of hydrogen-bond acceptors (Lipinski definition) is 3. The Morgan fingerprint density at radius 1 is 1.41 bits per heavy atom. The van der Waals surface area contributed by atoms with Gasteiger partial charge in [0.05, 0.1) is 11.4 Å². The van der Waals surface area contributed by atoms with Crippen LogP contribution < -0.4 is 10.6 Å². The van der Waals surface area contributed by atoms with Gasteiger partial charge in [0, 0.05) is 19.1 Å². The smallest absolute Gasteiger partial charge is 0.150 e. The number of anilines is 2. The molecule has 0 amide bonds. The first kappa shape index (κ1) is 12.3. The third-order valence-electron chi connectivity index (χ3n) is 3.64. The molecule has 96 valence electrons. The van der Waals surface area contributed by atoms with E-state index in [4.69, 9.17) is 5.73 Å². The van der Waals surface area contributed by atoms with Gasteiger partial charge in [-0.15, -0.1) is 0 Å². The second kappa shape index (κ2) is 4.59. The molecule has 2 heterocycles. The zero-order valence-corrected chi connectivity index (χ0v) is 11.4. The molecule has 0 saturated carbocycles. The third-order valence-corrected chi connectivity index (χ3v) is 3.64. The van der Waals surface area contributed by atoms with Gasteiger partial charge in [0.25, 0.3) is 0 Å². The second-order valence-corrected chi connectivity index (χ2v) is 5.39. The number of aryl methyl sites for hydroxylation is 2. The number of nitrogens with two attached hydrogens (primary N) is 1. The van der Waals surface area contributed by atoms with Gasteiger partial charge in [0.15, 0.2) is 5.82 Å². The highest BCUT2D eigenvalue weighted by Crippen LogP contribution is 2.34. The fraction of sp³-hybridized carbons (Fsp3) is 0.769. The van der Waals surface area contributed by atoms with Gasteiger partial charge in [-0.3, -0.25) is 0 Å². The van der Waals surface area contributed by atoms with Gasteiger partial charge in [0.2, 0.25) is 0 Å². The zero-order valence-electron chi connectivity index (χ0n) is 11.4. The maximum Gasteiger partial charge on any atom is 0.150 e. The van der Waals surface area contributed by atoms with Crippen molar-refractivity contribution < 1.29 is 0 Å². The molecule has 2 rings (SSSR count). The first-order valence-electron chi connectivity index (χ1n) is 6.64. The molecule has 4 nitrogen and oxygen atoms in total. The molecule has 1 aliphatic heterocycles. The van der Waals surface area contributed by atoms with Crippen LogP contribution in [0.5, 0.6) is 0 Å². The Morgan fingerprint density at radius 3 is 2.65 bits per heavy atom. The molecule has 4 heteroatoms. The minimum Gasteiger partial charge on any atom is -0.394 e. The predicted molar refractivity (Wildman–Crippen MR) is 72.3 cm³/mol. The quantitative estimate of drug-likeness (QED) is 0.876. The lowest BCUT2D eigenvalue weighted by Crippen LogP contribution is -2.30. The van der Waals surface area contributed by atoms with Crippen LogP contribution in [-0.4, -0.2) is 22.4 Å². The molecule has 0 aromatic carbocycles. The summed E-state index contributed by atoms with van der Waals surface area (Å²) in [5.74, 6) is 1.89. The van der Waals surface area contributed by atoms with Gasteiger partial charge in [-0.2, -0.15) is 5.10 Å². The summed E-state index contributed by atoms with van der Waals surface area (Å²) in [5, 5.41) is 4.55. The number of rotatable bonds is 3. The van der Waals surface area contributed by atoms with Crippen LogP contribution in [0.15, 0.2) is 0 Å². The Balaban J connectivity index is 2.36. The Bertz CT molecular complexity index is 396. The van der Waals surface area contributed by atoms with Crippen LogP contribution in [0.1, 0.15) is 39.3 Å².